The Hall–Kier alpha value is -2.37. The van der Waals surface area contributed by atoms with Crippen molar-refractivity contribution in [3.8, 4) is 0 Å². The van der Waals surface area contributed by atoms with Crippen molar-refractivity contribution >= 4 is 17.8 Å². The molecule has 1 aromatic rings. The number of hydrogen-bond acceptors (Lipinski definition) is 3. The second kappa shape index (κ2) is 6.86. The van der Waals surface area contributed by atoms with E-state index in [2.05, 4.69) is 5.32 Å². The molecule has 0 aromatic heterocycles. The van der Waals surface area contributed by atoms with Crippen LogP contribution in [0.3, 0.4) is 0 Å². The third-order valence-electron chi connectivity index (χ3n) is 5.39. The molecule has 0 aliphatic carbocycles. The summed E-state index contributed by atoms with van der Waals surface area (Å²) in [5.41, 5.74) is 0.715. The van der Waals surface area contributed by atoms with Crippen molar-refractivity contribution in [2.24, 2.45) is 0 Å². The van der Waals surface area contributed by atoms with Gasteiger partial charge in [-0.3, -0.25) is 14.5 Å². The first kappa shape index (κ1) is 17.5. The quantitative estimate of drug-likeness (QED) is 0.835. The number of amides is 4. The summed E-state index contributed by atoms with van der Waals surface area (Å²) in [6.45, 7) is 5.68. The van der Waals surface area contributed by atoms with Gasteiger partial charge in [0.15, 0.2) is 0 Å². The molecule has 25 heavy (non-hydrogen) atoms. The molecule has 0 spiro atoms. The van der Waals surface area contributed by atoms with Gasteiger partial charge in [0.2, 0.25) is 0 Å². The fraction of sp³-hybridized carbons (Fsp3) is 0.526. The number of carbonyl (C=O) groups is 3. The number of nitrogens with one attached hydrogen (secondary N) is 1. The van der Waals surface area contributed by atoms with Gasteiger partial charge < -0.3 is 10.2 Å². The summed E-state index contributed by atoms with van der Waals surface area (Å²) in [6.07, 6.45) is 3.28. The largest absolute Gasteiger partial charge is 0.339 e. The molecule has 4 amide bonds. The smallest absolute Gasteiger partial charge is 0.325 e. The molecular formula is C19H25N3O3. The van der Waals surface area contributed by atoms with Crippen LogP contribution in [0.1, 0.15) is 55.5 Å². The lowest BCUT2D eigenvalue weighted by Gasteiger charge is -2.23. The predicted molar refractivity (Wildman–Crippen MR) is 94.0 cm³/mol. The number of urea groups is 1. The van der Waals surface area contributed by atoms with Crippen molar-refractivity contribution in [3.05, 3.63) is 35.4 Å². The molecule has 0 radical (unpaired) electrons. The van der Waals surface area contributed by atoms with Gasteiger partial charge in [-0.2, -0.15) is 0 Å². The maximum atomic E-state index is 12.6. The van der Waals surface area contributed by atoms with Crippen LogP contribution in [0.25, 0.3) is 0 Å². The molecule has 134 valence electrons. The Morgan fingerprint density at radius 1 is 1.08 bits per heavy atom. The van der Waals surface area contributed by atoms with E-state index in [0.717, 1.165) is 31.5 Å². The standard InChI is InChI=1S/C19H25N3O3/c1-3-19(4-2)17(24)22(18(25)20-19)13-14-7-9-15(10-8-14)16(23)21-11-5-6-12-21/h7-10H,3-6,11-13H2,1-2H3,(H,20,25). The van der Waals surface area contributed by atoms with E-state index in [0.29, 0.717) is 18.4 Å². The van der Waals surface area contributed by atoms with Gasteiger partial charge in [0.1, 0.15) is 5.54 Å². The van der Waals surface area contributed by atoms with Gasteiger partial charge in [0.25, 0.3) is 11.8 Å². The number of hydrogen-bond donors (Lipinski definition) is 1. The van der Waals surface area contributed by atoms with Gasteiger partial charge in [0, 0.05) is 18.7 Å². The van der Waals surface area contributed by atoms with Gasteiger partial charge in [-0.05, 0) is 43.4 Å². The molecule has 0 saturated carbocycles. The van der Waals surface area contributed by atoms with Crippen LogP contribution in [-0.4, -0.2) is 46.3 Å². The van der Waals surface area contributed by atoms with Gasteiger partial charge in [-0.25, -0.2) is 4.79 Å². The van der Waals surface area contributed by atoms with E-state index in [1.807, 2.05) is 30.9 Å². The highest BCUT2D eigenvalue weighted by Gasteiger charge is 2.48. The first-order valence-electron chi connectivity index (χ1n) is 9.03. The molecule has 2 heterocycles. The number of imide groups is 1. The van der Waals surface area contributed by atoms with Crippen molar-refractivity contribution in [1.82, 2.24) is 15.1 Å². The molecule has 2 aliphatic heterocycles. The molecule has 2 aliphatic rings. The first-order chi connectivity index (χ1) is 12.0. The van der Waals surface area contributed by atoms with Crippen molar-refractivity contribution in [2.45, 2.75) is 51.6 Å². The number of likely N-dealkylation sites (tertiary alicyclic amines) is 1. The molecule has 6 heteroatoms. The van der Waals surface area contributed by atoms with Crippen molar-refractivity contribution in [3.63, 3.8) is 0 Å². The molecule has 0 bridgehead atoms. The van der Waals surface area contributed by atoms with Crippen molar-refractivity contribution in [1.29, 1.82) is 0 Å². The second-order valence-corrected chi connectivity index (χ2v) is 6.81. The maximum Gasteiger partial charge on any atom is 0.325 e. The fourth-order valence-corrected chi connectivity index (χ4v) is 3.59. The van der Waals surface area contributed by atoms with Crippen LogP contribution in [0.2, 0.25) is 0 Å². The molecule has 0 atom stereocenters. The average Bonchev–Trinajstić information content (AvgIpc) is 3.25. The van der Waals surface area contributed by atoms with E-state index < -0.39 is 5.54 Å². The Morgan fingerprint density at radius 2 is 1.68 bits per heavy atom. The Bertz CT molecular complexity index is 674. The number of benzene rings is 1. The molecule has 0 unspecified atom stereocenters. The van der Waals surface area contributed by atoms with Crippen molar-refractivity contribution < 1.29 is 14.4 Å². The highest BCUT2D eigenvalue weighted by molar-refractivity contribution is 6.06. The first-order valence-corrected chi connectivity index (χ1v) is 9.03. The van der Waals surface area contributed by atoms with Crippen LogP contribution >= 0.6 is 0 Å². The minimum atomic E-state index is -0.775. The number of carbonyl (C=O) groups excluding carboxylic acids is 3. The summed E-state index contributed by atoms with van der Waals surface area (Å²) in [4.78, 5) is 40.3. The minimum Gasteiger partial charge on any atom is -0.339 e. The van der Waals surface area contributed by atoms with Crippen LogP contribution in [0.5, 0.6) is 0 Å². The van der Waals surface area contributed by atoms with E-state index in [9.17, 15) is 14.4 Å². The molecule has 6 nitrogen and oxygen atoms in total. The third kappa shape index (κ3) is 3.13. The van der Waals surface area contributed by atoms with Gasteiger partial charge in [0.05, 0.1) is 6.54 Å². The molecule has 2 saturated heterocycles. The zero-order chi connectivity index (χ0) is 18.0. The van der Waals surface area contributed by atoms with Crippen LogP contribution in [-0.2, 0) is 11.3 Å². The zero-order valence-electron chi connectivity index (χ0n) is 14.9. The molecular weight excluding hydrogens is 318 g/mol. The third-order valence-corrected chi connectivity index (χ3v) is 5.39. The topological polar surface area (TPSA) is 69.7 Å². The van der Waals surface area contributed by atoms with E-state index in [4.69, 9.17) is 0 Å². The minimum absolute atomic E-state index is 0.0509. The molecule has 1 aromatic carbocycles. The van der Waals surface area contributed by atoms with Crippen LogP contribution < -0.4 is 5.32 Å². The van der Waals surface area contributed by atoms with Crippen LogP contribution in [0.4, 0.5) is 4.79 Å². The molecule has 3 rings (SSSR count). The lowest BCUT2D eigenvalue weighted by atomic mass is 9.93. The van der Waals surface area contributed by atoms with Crippen molar-refractivity contribution in [2.75, 3.05) is 13.1 Å². The molecule has 1 N–H and O–H groups in total. The van der Waals surface area contributed by atoms with Crippen LogP contribution in [0.15, 0.2) is 24.3 Å². The van der Waals surface area contributed by atoms with E-state index in [-0.39, 0.29) is 24.4 Å². The van der Waals surface area contributed by atoms with E-state index in [1.54, 1.807) is 12.1 Å². The summed E-state index contributed by atoms with van der Waals surface area (Å²) in [6, 6.07) is 6.86. The predicted octanol–water partition coefficient (Wildman–Crippen LogP) is 2.53. The normalized spacial score (nSPS) is 19.4. The van der Waals surface area contributed by atoms with Gasteiger partial charge in [-0.15, -0.1) is 0 Å². The Kier molecular flexibility index (Phi) is 4.79. The van der Waals surface area contributed by atoms with E-state index in [1.165, 1.54) is 4.90 Å². The second-order valence-electron chi connectivity index (χ2n) is 6.81. The van der Waals surface area contributed by atoms with Crippen LogP contribution in [0, 0.1) is 0 Å². The SMILES string of the molecule is CCC1(CC)NC(=O)N(Cc2ccc(C(=O)N3CCCC3)cc2)C1=O. The highest BCUT2D eigenvalue weighted by Crippen LogP contribution is 2.26. The maximum absolute atomic E-state index is 12.6. The summed E-state index contributed by atoms with van der Waals surface area (Å²) in [5.74, 6) is -0.116. The lowest BCUT2D eigenvalue weighted by molar-refractivity contribution is -0.132. The number of rotatable bonds is 5. The number of nitrogens with zero attached hydrogens (tertiary/aromatic N) is 2. The zero-order valence-corrected chi connectivity index (χ0v) is 14.9. The Labute approximate surface area is 148 Å². The highest BCUT2D eigenvalue weighted by atomic mass is 16.2. The summed E-state index contributed by atoms with van der Waals surface area (Å²) >= 11 is 0. The molecule has 2 fully saturated rings. The average molecular weight is 343 g/mol. The summed E-state index contributed by atoms with van der Waals surface area (Å²) < 4.78 is 0. The monoisotopic (exact) mass is 343 g/mol. The summed E-state index contributed by atoms with van der Waals surface area (Å²) in [5, 5.41) is 2.83. The Morgan fingerprint density at radius 3 is 2.20 bits per heavy atom. The lowest BCUT2D eigenvalue weighted by Crippen LogP contribution is -2.45. The Balaban J connectivity index is 1.70. The van der Waals surface area contributed by atoms with Gasteiger partial charge >= 0.3 is 6.03 Å². The van der Waals surface area contributed by atoms with E-state index >= 15 is 0 Å². The summed E-state index contributed by atoms with van der Waals surface area (Å²) in [7, 11) is 0. The van der Waals surface area contributed by atoms with Gasteiger partial charge in [-0.1, -0.05) is 26.0 Å². The fourth-order valence-electron chi connectivity index (χ4n) is 3.59.